The number of H-pyrrole nitrogens is 1. The molecule has 0 saturated carbocycles. The van der Waals surface area contributed by atoms with Gasteiger partial charge in [0.25, 0.3) is 5.56 Å². The first-order chi connectivity index (χ1) is 12.8. The van der Waals surface area contributed by atoms with E-state index in [2.05, 4.69) is 35.6 Å². The van der Waals surface area contributed by atoms with Gasteiger partial charge < -0.3 is 10.3 Å². The molecule has 0 bridgehead atoms. The molecule has 3 N–H and O–H groups in total. The molecular weight excluding hydrogens is 332 g/mol. The van der Waals surface area contributed by atoms with Crippen molar-refractivity contribution in [3.8, 4) is 0 Å². The van der Waals surface area contributed by atoms with Crippen LogP contribution in [-0.2, 0) is 6.54 Å². The van der Waals surface area contributed by atoms with Gasteiger partial charge in [0.1, 0.15) is 5.82 Å². The molecule has 1 aliphatic rings. The average molecular weight is 354 g/mol. The van der Waals surface area contributed by atoms with E-state index in [0.29, 0.717) is 35.5 Å². The van der Waals surface area contributed by atoms with Gasteiger partial charge in [-0.25, -0.2) is 15.0 Å². The third kappa shape index (κ3) is 3.17. The number of fused-ring (bicyclic) bond motifs is 1. The van der Waals surface area contributed by atoms with E-state index in [1.807, 2.05) is 6.92 Å². The zero-order valence-electron chi connectivity index (χ0n) is 14.7. The van der Waals surface area contributed by atoms with Crippen LogP contribution in [0.15, 0.2) is 23.3 Å². The highest BCUT2D eigenvalue weighted by Gasteiger charge is 2.21. The van der Waals surface area contributed by atoms with E-state index in [1.54, 1.807) is 23.0 Å². The Bertz CT molecular complexity index is 943. The largest absolute Gasteiger partial charge is 0.336 e. The number of nitrogens with zero attached hydrogens (tertiary/aromatic N) is 5. The van der Waals surface area contributed by atoms with Crippen LogP contribution in [0.4, 0.5) is 11.9 Å². The quantitative estimate of drug-likeness (QED) is 0.637. The van der Waals surface area contributed by atoms with Crippen LogP contribution in [0.2, 0.25) is 0 Å². The van der Waals surface area contributed by atoms with Gasteiger partial charge in [-0.15, -0.1) is 0 Å². The summed E-state index contributed by atoms with van der Waals surface area (Å²) in [5.74, 6) is 2.00. The van der Waals surface area contributed by atoms with Gasteiger partial charge in [-0.3, -0.25) is 14.7 Å². The monoisotopic (exact) mass is 354 g/mol. The summed E-state index contributed by atoms with van der Waals surface area (Å²) in [5.41, 5.74) is 0.781. The van der Waals surface area contributed by atoms with E-state index in [1.165, 1.54) is 0 Å². The van der Waals surface area contributed by atoms with Crippen LogP contribution in [0.25, 0.3) is 11.2 Å². The molecule has 1 fully saturated rings. The van der Waals surface area contributed by atoms with Crippen molar-refractivity contribution in [2.45, 2.75) is 38.6 Å². The van der Waals surface area contributed by atoms with Crippen LogP contribution >= 0.6 is 0 Å². The molecule has 0 amide bonds. The number of rotatable bonds is 5. The molecule has 0 atom stereocenters. The van der Waals surface area contributed by atoms with Crippen LogP contribution < -0.4 is 16.2 Å². The van der Waals surface area contributed by atoms with Gasteiger partial charge in [0, 0.05) is 24.9 Å². The molecule has 3 aromatic rings. The maximum atomic E-state index is 13.0. The van der Waals surface area contributed by atoms with Crippen molar-refractivity contribution in [2.24, 2.45) is 0 Å². The smallest absolute Gasteiger partial charge is 0.280 e. The molecule has 0 unspecified atom stereocenters. The average Bonchev–Trinajstić information content (AvgIpc) is 3.11. The minimum Gasteiger partial charge on any atom is -0.336 e. The lowest BCUT2D eigenvalue weighted by atomic mass is 9.98. The van der Waals surface area contributed by atoms with Gasteiger partial charge >= 0.3 is 0 Å². The number of hydrogen-bond acceptors (Lipinski definition) is 7. The highest BCUT2D eigenvalue weighted by atomic mass is 16.1. The number of aromatic nitrogens is 6. The Kier molecular flexibility index (Phi) is 4.61. The highest BCUT2D eigenvalue weighted by Crippen LogP contribution is 2.24. The van der Waals surface area contributed by atoms with Crippen LogP contribution in [0, 0.1) is 0 Å². The minimum absolute atomic E-state index is 0.122. The normalized spacial score (nSPS) is 15.4. The van der Waals surface area contributed by atoms with E-state index in [0.717, 1.165) is 38.2 Å². The van der Waals surface area contributed by atoms with E-state index in [9.17, 15) is 4.79 Å². The van der Waals surface area contributed by atoms with E-state index >= 15 is 0 Å². The molecule has 9 heteroatoms. The summed E-state index contributed by atoms with van der Waals surface area (Å²) in [6.45, 7) is 4.51. The fraction of sp³-hybridized carbons (Fsp3) is 0.471. The fourth-order valence-corrected chi connectivity index (χ4v) is 3.28. The standard InChI is InChI=1S/C17H22N8O/c1-2-10-25-15(26)12-14(22-13(21-12)11-4-8-18-9-5-11)23-17(25)24-16-19-6-3-7-20-16/h3,6-7,11,18H,2,4-5,8-10H2,1H3,(H,21,22)(H,19,20,23,24). The Hall–Kier alpha value is -2.81. The molecule has 1 aliphatic heterocycles. The van der Waals surface area contributed by atoms with Gasteiger partial charge in [-0.2, -0.15) is 4.98 Å². The van der Waals surface area contributed by atoms with Crippen molar-refractivity contribution in [1.82, 2.24) is 34.8 Å². The summed E-state index contributed by atoms with van der Waals surface area (Å²) in [6, 6.07) is 1.74. The van der Waals surface area contributed by atoms with Gasteiger partial charge in [0.2, 0.25) is 11.9 Å². The van der Waals surface area contributed by atoms with E-state index in [-0.39, 0.29) is 5.56 Å². The number of aromatic amines is 1. The Balaban J connectivity index is 1.77. The van der Waals surface area contributed by atoms with Crippen molar-refractivity contribution >= 4 is 23.1 Å². The highest BCUT2D eigenvalue weighted by molar-refractivity contribution is 5.71. The van der Waals surface area contributed by atoms with Crippen molar-refractivity contribution in [3.05, 3.63) is 34.6 Å². The minimum atomic E-state index is -0.122. The molecule has 0 aliphatic carbocycles. The van der Waals surface area contributed by atoms with E-state index in [4.69, 9.17) is 0 Å². The van der Waals surface area contributed by atoms with Gasteiger partial charge in [0.05, 0.1) is 0 Å². The summed E-state index contributed by atoms with van der Waals surface area (Å²) in [4.78, 5) is 33.7. The van der Waals surface area contributed by atoms with Crippen molar-refractivity contribution < 1.29 is 0 Å². The number of hydrogen-bond donors (Lipinski definition) is 3. The molecule has 9 nitrogen and oxygen atoms in total. The second-order valence-electron chi connectivity index (χ2n) is 6.43. The van der Waals surface area contributed by atoms with Crippen molar-refractivity contribution in [3.63, 3.8) is 0 Å². The molecule has 1 saturated heterocycles. The predicted molar refractivity (Wildman–Crippen MR) is 98.6 cm³/mol. The Labute approximate surface area is 150 Å². The molecule has 0 spiro atoms. The number of imidazole rings is 1. The fourth-order valence-electron chi connectivity index (χ4n) is 3.28. The summed E-state index contributed by atoms with van der Waals surface area (Å²) >= 11 is 0. The number of piperidine rings is 1. The Morgan fingerprint density at radius 1 is 1.23 bits per heavy atom. The summed E-state index contributed by atoms with van der Waals surface area (Å²) in [7, 11) is 0. The number of nitrogens with one attached hydrogen (secondary N) is 3. The lowest BCUT2D eigenvalue weighted by Gasteiger charge is -2.20. The SMILES string of the molecule is CCCn1c(Nc2ncccn2)nc2nc(C3CCNCC3)[nH]c2c1=O. The lowest BCUT2D eigenvalue weighted by Crippen LogP contribution is -2.27. The lowest BCUT2D eigenvalue weighted by molar-refractivity contribution is 0.448. The van der Waals surface area contributed by atoms with Gasteiger partial charge in [-0.05, 0) is 38.4 Å². The molecule has 136 valence electrons. The van der Waals surface area contributed by atoms with Gasteiger partial charge in [-0.1, -0.05) is 6.92 Å². The first-order valence-electron chi connectivity index (χ1n) is 9.01. The zero-order chi connectivity index (χ0) is 17.9. The zero-order valence-corrected chi connectivity index (χ0v) is 14.7. The van der Waals surface area contributed by atoms with Gasteiger partial charge in [0.15, 0.2) is 11.2 Å². The van der Waals surface area contributed by atoms with Crippen LogP contribution in [0.1, 0.15) is 37.9 Å². The molecule has 3 aromatic heterocycles. The first-order valence-corrected chi connectivity index (χ1v) is 9.01. The second-order valence-corrected chi connectivity index (χ2v) is 6.43. The van der Waals surface area contributed by atoms with Crippen LogP contribution in [0.3, 0.4) is 0 Å². The molecule has 4 rings (SSSR count). The van der Waals surface area contributed by atoms with Crippen LogP contribution in [-0.4, -0.2) is 42.6 Å². The topological polar surface area (TPSA) is 113 Å². The third-order valence-corrected chi connectivity index (χ3v) is 4.59. The molecule has 26 heavy (non-hydrogen) atoms. The summed E-state index contributed by atoms with van der Waals surface area (Å²) in [5, 5.41) is 6.39. The Morgan fingerprint density at radius 3 is 2.73 bits per heavy atom. The molecule has 4 heterocycles. The van der Waals surface area contributed by atoms with Crippen molar-refractivity contribution in [1.29, 1.82) is 0 Å². The maximum Gasteiger partial charge on any atom is 0.280 e. The third-order valence-electron chi connectivity index (χ3n) is 4.59. The van der Waals surface area contributed by atoms with E-state index < -0.39 is 0 Å². The maximum absolute atomic E-state index is 13.0. The number of anilines is 2. The van der Waals surface area contributed by atoms with Crippen LogP contribution in [0.5, 0.6) is 0 Å². The Morgan fingerprint density at radius 2 is 2.00 bits per heavy atom. The predicted octanol–water partition coefficient (Wildman–Crippen LogP) is 1.53. The molecular formula is C17H22N8O. The first kappa shape index (κ1) is 16.6. The molecule has 0 aromatic carbocycles. The second kappa shape index (κ2) is 7.20. The van der Waals surface area contributed by atoms with Crippen molar-refractivity contribution in [2.75, 3.05) is 18.4 Å². The summed E-state index contributed by atoms with van der Waals surface area (Å²) in [6.07, 6.45) is 6.10. The molecule has 0 radical (unpaired) electrons. The summed E-state index contributed by atoms with van der Waals surface area (Å²) < 4.78 is 1.61.